The van der Waals surface area contributed by atoms with E-state index in [4.69, 9.17) is 10.5 Å². The summed E-state index contributed by atoms with van der Waals surface area (Å²) in [5, 5.41) is 2.84. The maximum Gasteiger partial charge on any atom is 0.224 e. The third-order valence-corrected chi connectivity index (χ3v) is 3.29. The van der Waals surface area contributed by atoms with Gasteiger partial charge < -0.3 is 15.8 Å². The fourth-order valence-electron chi connectivity index (χ4n) is 2.29. The van der Waals surface area contributed by atoms with Crippen LogP contribution >= 0.6 is 0 Å². The molecule has 118 valence electrons. The molecule has 1 rings (SSSR count). The van der Waals surface area contributed by atoms with E-state index < -0.39 is 0 Å². The number of nitrogens with one attached hydrogen (secondary N) is 1. The maximum absolute atomic E-state index is 12.0. The Morgan fingerprint density at radius 2 is 2.00 bits per heavy atom. The summed E-state index contributed by atoms with van der Waals surface area (Å²) in [4.78, 5) is 12.0. The number of amides is 1. The molecule has 1 aromatic rings. The van der Waals surface area contributed by atoms with Gasteiger partial charge >= 0.3 is 0 Å². The van der Waals surface area contributed by atoms with E-state index in [2.05, 4.69) is 32.2 Å². The van der Waals surface area contributed by atoms with Gasteiger partial charge in [-0.1, -0.05) is 38.5 Å². The van der Waals surface area contributed by atoms with Crippen LogP contribution in [0.4, 0.5) is 0 Å². The fraction of sp³-hybridized carbons (Fsp3) is 0.588. The molecule has 0 bridgehead atoms. The topological polar surface area (TPSA) is 64.3 Å². The van der Waals surface area contributed by atoms with Crippen LogP contribution in [0.25, 0.3) is 0 Å². The van der Waals surface area contributed by atoms with E-state index in [-0.39, 0.29) is 17.4 Å². The van der Waals surface area contributed by atoms with E-state index in [1.54, 1.807) is 7.11 Å². The Morgan fingerprint density at radius 1 is 1.38 bits per heavy atom. The number of nitrogens with two attached hydrogens (primary N) is 1. The average molecular weight is 292 g/mol. The van der Waals surface area contributed by atoms with Gasteiger partial charge in [-0.15, -0.1) is 0 Å². The Hall–Kier alpha value is -1.55. The lowest BCUT2D eigenvalue weighted by Gasteiger charge is -2.25. The summed E-state index contributed by atoms with van der Waals surface area (Å²) in [6.07, 6.45) is 0.306. The zero-order chi connectivity index (χ0) is 16.2. The van der Waals surface area contributed by atoms with Crippen LogP contribution in [-0.4, -0.2) is 25.6 Å². The minimum atomic E-state index is -0.0431. The molecule has 0 aliphatic heterocycles. The van der Waals surface area contributed by atoms with Gasteiger partial charge in [0.1, 0.15) is 5.75 Å². The minimum absolute atomic E-state index is 0.0314. The van der Waals surface area contributed by atoms with Gasteiger partial charge in [-0.3, -0.25) is 4.79 Å². The van der Waals surface area contributed by atoms with Crippen LogP contribution in [0, 0.1) is 6.92 Å². The quantitative estimate of drug-likeness (QED) is 0.875. The number of carbonyl (C=O) groups is 1. The molecule has 4 nitrogen and oxygen atoms in total. The van der Waals surface area contributed by atoms with Crippen molar-refractivity contribution in [1.82, 2.24) is 5.32 Å². The van der Waals surface area contributed by atoms with Crippen LogP contribution in [0.2, 0.25) is 0 Å². The second kappa shape index (κ2) is 6.94. The summed E-state index contributed by atoms with van der Waals surface area (Å²) in [6, 6.07) is 4.10. The van der Waals surface area contributed by atoms with Crippen molar-refractivity contribution in [2.45, 2.75) is 52.5 Å². The Bertz CT molecular complexity index is 502. The molecule has 0 aliphatic carbocycles. The second-order valence-corrected chi connectivity index (χ2v) is 6.71. The monoisotopic (exact) mass is 292 g/mol. The van der Waals surface area contributed by atoms with Crippen LogP contribution in [0.15, 0.2) is 12.1 Å². The molecule has 4 heteroatoms. The van der Waals surface area contributed by atoms with E-state index in [1.807, 2.05) is 19.9 Å². The summed E-state index contributed by atoms with van der Waals surface area (Å²) in [7, 11) is 1.66. The SMILES string of the molecule is COc1c(CC(=O)NCC(C)N)cc(C)cc1C(C)(C)C. The lowest BCUT2D eigenvalue weighted by molar-refractivity contribution is -0.120. The summed E-state index contributed by atoms with van der Waals surface area (Å²) < 4.78 is 5.58. The van der Waals surface area contributed by atoms with E-state index in [9.17, 15) is 4.79 Å². The zero-order valence-corrected chi connectivity index (χ0v) is 14.0. The molecule has 21 heavy (non-hydrogen) atoms. The zero-order valence-electron chi connectivity index (χ0n) is 14.0. The van der Waals surface area contributed by atoms with Crippen molar-refractivity contribution >= 4 is 5.91 Å². The van der Waals surface area contributed by atoms with Crippen molar-refractivity contribution in [3.8, 4) is 5.75 Å². The fourth-order valence-corrected chi connectivity index (χ4v) is 2.29. The van der Waals surface area contributed by atoms with Crippen molar-refractivity contribution < 1.29 is 9.53 Å². The Balaban J connectivity index is 3.07. The van der Waals surface area contributed by atoms with Crippen molar-refractivity contribution in [2.75, 3.05) is 13.7 Å². The molecule has 1 unspecified atom stereocenters. The highest BCUT2D eigenvalue weighted by Crippen LogP contribution is 2.35. The summed E-state index contributed by atoms with van der Waals surface area (Å²) in [5.74, 6) is 0.778. The van der Waals surface area contributed by atoms with E-state index in [0.29, 0.717) is 13.0 Å². The number of hydrogen-bond donors (Lipinski definition) is 2. The molecule has 1 amide bonds. The first kappa shape index (κ1) is 17.5. The molecule has 0 fully saturated rings. The largest absolute Gasteiger partial charge is 0.496 e. The molecule has 3 N–H and O–H groups in total. The summed E-state index contributed by atoms with van der Waals surface area (Å²) >= 11 is 0. The number of benzene rings is 1. The molecular formula is C17H28N2O2. The lowest BCUT2D eigenvalue weighted by Crippen LogP contribution is -2.36. The number of hydrogen-bond acceptors (Lipinski definition) is 3. The van der Waals surface area contributed by atoms with Gasteiger partial charge in [0.2, 0.25) is 5.91 Å². The Morgan fingerprint density at radius 3 is 2.48 bits per heavy atom. The minimum Gasteiger partial charge on any atom is -0.496 e. The third kappa shape index (κ3) is 5.05. The van der Waals surface area contributed by atoms with Crippen molar-refractivity contribution in [3.63, 3.8) is 0 Å². The van der Waals surface area contributed by atoms with Crippen LogP contribution in [-0.2, 0) is 16.6 Å². The predicted octanol–water partition coefficient (Wildman–Crippen LogP) is 2.31. The number of rotatable bonds is 5. The molecular weight excluding hydrogens is 264 g/mol. The first-order valence-electron chi connectivity index (χ1n) is 7.35. The van der Waals surface area contributed by atoms with Gasteiger partial charge in [-0.05, 0) is 19.3 Å². The molecule has 0 spiro atoms. The van der Waals surface area contributed by atoms with Gasteiger partial charge in [0.05, 0.1) is 13.5 Å². The number of aryl methyl sites for hydroxylation is 1. The smallest absolute Gasteiger partial charge is 0.224 e. The first-order chi connectivity index (χ1) is 9.65. The third-order valence-electron chi connectivity index (χ3n) is 3.29. The predicted molar refractivity (Wildman–Crippen MR) is 86.8 cm³/mol. The molecule has 0 aliphatic rings. The van der Waals surface area contributed by atoms with Crippen LogP contribution < -0.4 is 15.8 Å². The van der Waals surface area contributed by atoms with Crippen molar-refractivity contribution in [3.05, 3.63) is 28.8 Å². The van der Waals surface area contributed by atoms with E-state index >= 15 is 0 Å². The lowest BCUT2D eigenvalue weighted by atomic mass is 9.83. The van der Waals surface area contributed by atoms with E-state index in [0.717, 1.165) is 22.4 Å². The van der Waals surface area contributed by atoms with Crippen LogP contribution in [0.1, 0.15) is 44.4 Å². The molecule has 0 radical (unpaired) electrons. The molecule has 0 heterocycles. The highest BCUT2D eigenvalue weighted by atomic mass is 16.5. The molecule has 1 aromatic carbocycles. The highest BCUT2D eigenvalue weighted by molar-refractivity contribution is 5.79. The highest BCUT2D eigenvalue weighted by Gasteiger charge is 2.22. The van der Waals surface area contributed by atoms with Crippen LogP contribution in [0.3, 0.4) is 0 Å². The van der Waals surface area contributed by atoms with Gasteiger partial charge in [-0.2, -0.15) is 0 Å². The Kier molecular flexibility index (Phi) is 5.78. The van der Waals surface area contributed by atoms with Gasteiger partial charge in [-0.25, -0.2) is 0 Å². The first-order valence-corrected chi connectivity index (χ1v) is 7.35. The van der Waals surface area contributed by atoms with E-state index in [1.165, 1.54) is 0 Å². The normalized spacial score (nSPS) is 12.9. The maximum atomic E-state index is 12.0. The van der Waals surface area contributed by atoms with Gasteiger partial charge in [0, 0.05) is 23.7 Å². The standard InChI is InChI=1S/C17H28N2O2/c1-11-7-13(9-15(20)19-10-12(2)18)16(21-6)14(8-11)17(3,4)5/h7-8,12H,9-10,18H2,1-6H3,(H,19,20). The molecule has 0 saturated heterocycles. The van der Waals surface area contributed by atoms with Gasteiger partial charge in [0.15, 0.2) is 0 Å². The Labute approximate surface area is 128 Å². The van der Waals surface area contributed by atoms with Crippen molar-refractivity contribution in [2.24, 2.45) is 5.73 Å². The molecule has 1 atom stereocenters. The molecule has 0 aromatic heterocycles. The number of carbonyl (C=O) groups excluding carboxylic acids is 1. The van der Waals surface area contributed by atoms with Crippen LogP contribution in [0.5, 0.6) is 5.75 Å². The summed E-state index contributed by atoms with van der Waals surface area (Å²) in [5.41, 5.74) is 8.80. The number of methoxy groups -OCH3 is 1. The van der Waals surface area contributed by atoms with Crippen molar-refractivity contribution in [1.29, 1.82) is 0 Å². The van der Waals surface area contributed by atoms with Gasteiger partial charge in [0.25, 0.3) is 0 Å². The summed E-state index contributed by atoms with van der Waals surface area (Å²) in [6.45, 7) is 10.8. The molecule has 0 saturated carbocycles. The number of ether oxygens (including phenoxy) is 1. The average Bonchev–Trinajstić information content (AvgIpc) is 2.34. The second-order valence-electron chi connectivity index (χ2n) is 6.71.